The van der Waals surface area contributed by atoms with E-state index in [1.165, 1.54) is 0 Å². The summed E-state index contributed by atoms with van der Waals surface area (Å²) < 4.78 is 1.70. The maximum absolute atomic E-state index is 10.8. The number of carboxylic acids is 1. The van der Waals surface area contributed by atoms with Gasteiger partial charge < -0.3 is 5.11 Å². The topological polar surface area (TPSA) is 55.1 Å². The Labute approximate surface area is 98.5 Å². The fourth-order valence-corrected chi connectivity index (χ4v) is 1.35. The molecular formula is C13H10N2O2. The molecule has 17 heavy (non-hydrogen) atoms. The molecule has 1 aromatic heterocycles. The van der Waals surface area contributed by atoms with Crippen molar-refractivity contribution in [1.82, 2.24) is 9.78 Å². The number of benzene rings is 1. The highest BCUT2D eigenvalue weighted by molar-refractivity contribution is 5.87. The quantitative estimate of drug-likeness (QED) is 0.792. The molecule has 0 saturated heterocycles. The molecule has 0 fully saturated rings. The van der Waals surface area contributed by atoms with Gasteiger partial charge in [-0.15, -0.1) is 0 Å². The van der Waals surface area contributed by atoms with Gasteiger partial charge in [0, 0.05) is 18.0 Å². The van der Waals surface area contributed by atoms with Crippen LogP contribution in [0.2, 0.25) is 0 Å². The predicted molar refractivity (Wildman–Crippen MR) is 62.5 cm³/mol. The molecule has 0 radical (unpaired) electrons. The Morgan fingerprint density at radius 2 is 2.29 bits per heavy atom. The smallest absolute Gasteiger partial charge is 0.335 e. The molecule has 0 bridgehead atoms. The average Bonchev–Trinajstić information content (AvgIpc) is 2.82. The van der Waals surface area contributed by atoms with E-state index in [4.69, 9.17) is 5.11 Å². The highest BCUT2D eigenvalue weighted by atomic mass is 16.4. The summed E-state index contributed by atoms with van der Waals surface area (Å²) in [7, 11) is 0. The van der Waals surface area contributed by atoms with E-state index in [2.05, 4.69) is 16.9 Å². The third-order valence-electron chi connectivity index (χ3n) is 2.14. The number of nitrogens with zero attached hydrogens (tertiary/aromatic N) is 2. The minimum absolute atomic E-state index is 0.246. The van der Waals surface area contributed by atoms with E-state index in [0.717, 1.165) is 0 Å². The molecular weight excluding hydrogens is 216 g/mol. The molecule has 1 heterocycles. The molecule has 0 aliphatic heterocycles. The van der Waals surface area contributed by atoms with E-state index in [1.54, 1.807) is 35.1 Å². The average molecular weight is 226 g/mol. The van der Waals surface area contributed by atoms with Crippen molar-refractivity contribution in [3.05, 3.63) is 53.9 Å². The van der Waals surface area contributed by atoms with Crippen LogP contribution in [0.25, 0.3) is 0 Å². The molecule has 2 rings (SSSR count). The SMILES string of the molecule is O=C(O)c1cccc(C#CCn2cccn2)c1. The van der Waals surface area contributed by atoms with Gasteiger partial charge in [-0.3, -0.25) is 4.68 Å². The molecule has 1 N–H and O–H groups in total. The summed E-state index contributed by atoms with van der Waals surface area (Å²) >= 11 is 0. The maximum atomic E-state index is 10.8. The van der Waals surface area contributed by atoms with Gasteiger partial charge in [-0.05, 0) is 24.3 Å². The molecule has 4 nitrogen and oxygen atoms in total. The number of aromatic nitrogens is 2. The van der Waals surface area contributed by atoms with Crippen molar-refractivity contribution in [1.29, 1.82) is 0 Å². The molecule has 4 heteroatoms. The fraction of sp³-hybridized carbons (Fsp3) is 0.0769. The van der Waals surface area contributed by atoms with Crippen LogP contribution < -0.4 is 0 Å². The first kappa shape index (κ1) is 11.0. The molecule has 0 spiro atoms. The predicted octanol–water partition coefficient (Wildman–Crippen LogP) is 1.63. The lowest BCUT2D eigenvalue weighted by molar-refractivity contribution is 0.0697. The van der Waals surface area contributed by atoms with Gasteiger partial charge >= 0.3 is 5.97 Å². The van der Waals surface area contributed by atoms with Gasteiger partial charge in [0.1, 0.15) is 6.54 Å². The van der Waals surface area contributed by atoms with Gasteiger partial charge in [-0.25, -0.2) is 4.79 Å². The van der Waals surface area contributed by atoms with E-state index < -0.39 is 5.97 Å². The summed E-state index contributed by atoms with van der Waals surface area (Å²) in [6, 6.07) is 8.38. The van der Waals surface area contributed by atoms with Crippen molar-refractivity contribution in [3.8, 4) is 11.8 Å². The number of rotatable bonds is 2. The second-order valence-electron chi connectivity index (χ2n) is 3.39. The lowest BCUT2D eigenvalue weighted by Gasteiger charge is -1.94. The lowest BCUT2D eigenvalue weighted by atomic mass is 10.1. The summed E-state index contributed by atoms with van der Waals surface area (Å²) in [6.07, 6.45) is 3.51. The van der Waals surface area contributed by atoms with Gasteiger partial charge in [-0.1, -0.05) is 17.9 Å². The third kappa shape index (κ3) is 2.95. The van der Waals surface area contributed by atoms with E-state index in [-0.39, 0.29) is 5.56 Å². The normalized spacial score (nSPS) is 9.41. The van der Waals surface area contributed by atoms with E-state index in [0.29, 0.717) is 12.1 Å². The van der Waals surface area contributed by atoms with Gasteiger partial charge in [0.25, 0.3) is 0 Å². The zero-order chi connectivity index (χ0) is 12.1. The van der Waals surface area contributed by atoms with E-state index in [9.17, 15) is 4.79 Å². The molecule has 0 atom stereocenters. The molecule has 0 amide bonds. The lowest BCUT2D eigenvalue weighted by Crippen LogP contribution is -1.96. The molecule has 0 aliphatic carbocycles. The second-order valence-corrected chi connectivity index (χ2v) is 3.39. The molecule has 0 unspecified atom stereocenters. The van der Waals surface area contributed by atoms with Crippen molar-refractivity contribution in [2.45, 2.75) is 6.54 Å². The van der Waals surface area contributed by atoms with E-state index in [1.807, 2.05) is 12.3 Å². The number of hydrogen-bond acceptors (Lipinski definition) is 2. The molecule has 1 aromatic carbocycles. The van der Waals surface area contributed by atoms with Crippen LogP contribution in [0, 0.1) is 11.8 Å². The standard InChI is InChI=1S/C13H10N2O2/c16-13(17)12-6-1-4-11(10-12)5-2-8-15-9-3-7-14-15/h1,3-4,6-7,9-10H,8H2,(H,16,17). The Hall–Kier alpha value is -2.54. The highest BCUT2D eigenvalue weighted by Crippen LogP contribution is 2.03. The van der Waals surface area contributed by atoms with Crippen molar-refractivity contribution in [2.24, 2.45) is 0 Å². The Balaban J connectivity index is 2.11. The summed E-state index contributed by atoms with van der Waals surface area (Å²) in [5.74, 6) is 4.89. The zero-order valence-corrected chi connectivity index (χ0v) is 9.00. The van der Waals surface area contributed by atoms with Crippen molar-refractivity contribution in [3.63, 3.8) is 0 Å². The first-order valence-electron chi connectivity index (χ1n) is 5.05. The Morgan fingerprint density at radius 1 is 1.41 bits per heavy atom. The number of carbonyl (C=O) groups is 1. The van der Waals surface area contributed by atoms with Crippen LogP contribution in [0.5, 0.6) is 0 Å². The van der Waals surface area contributed by atoms with Crippen molar-refractivity contribution < 1.29 is 9.90 Å². The number of hydrogen-bond donors (Lipinski definition) is 1. The first-order chi connectivity index (χ1) is 8.25. The Bertz CT molecular complexity index is 577. The highest BCUT2D eigenvalue weighted by Gasteiger charge is 2.00. The van der Waals surface area contributed by atoms with Crippen molar-refractivity contribution in [2.75, 3.05) is 0 Å². The second kappa shape index (κ2) is 4.99. The van der Waals surface area contributed by atoms with Gasteiger partial charge in [0.05, 0.1) is 5.56 Å². The Kier molecular flexibility index (Phi) is 3.22. The largest absolute Gasteiger partial charge is 0.478 e. The van der Waals surface area contributed by atoms with E-state index >= 15 is 0 Å². The first-order valence-corrected chi connectivity index (χ1v) is 5.05. The van der Waals surface area contributed by atoms with Crippen LogP contribution in [0.1, 0.15) is 15.9 Å². The maximum Gasteiger partial charge on any atom is 0.335 e. The van der Waals surface area contributed by atoms with Crippen LogP contribution in [0.3, 0.4) is 0 Å². The fourth-order valence-electron chi connectivity index (χ4n) is 1.35. The number of aromatic carboxylic acids is 1. The van der Waals surface area contributed by atoms with Crippen LogP contribution in [0.4, 0.5) is 0 Å². The molecule has 84 valence electrons. The summed E-state index contributed by atoms with van der Waals surface area (Å²) in [6.45, 7) is 0.490. The Morgan fingerprint density at radius 3 is 3.00 bits per heavy atom. The van der Waals surface area contributed by atoms with Crippen LogP contribution in [-0.2, 0) is 6.54 Å². The van der Waals surface area contributed by atoms with Crippen LogP contribution in [0.15, 0.2) is 42.7 Å². The molecule has 0 aliphatic rings. The monoisotopic (exact) mass is 226 g/mol. The summed E-state index contributed by atoms with van der Waals surface area (Å²) in [5, 5.41) is 12.8. The summed E-state index contributed by atoms with van der Waals surface area (Å²) in [4.78, 5) is 10.8. The molecule has 0 saturated carbocycles. The number of carboxylic acid groups (broad SMARTS) is 1. The minimum atomic E-state index is -0.944. The van der Waals surface area contributed by atoms with Crippen LogP contribution >= 0.6 is 0 Å². The molecule has 2 aromatic rings. The zero-order valence-electron chi connectivity index (χ0n) is 9.00. The third-order valence-corrected chi connectivity index (χ3v) is 2.14. The van der Waals surface area contributed by atoms with Gasteiger partial charge in [0.2, 0.25) is 0 Å². The minimum Gasteiger partial charge on any atom is -0.478 e. The van der Waals surface area contributed by atoms with Crippen LogP contribution in [-0.4, -0.2) is 20.9 Å². The van der Waals surface area contributed by atoms with Crippen molar-refractivity contribution >= 4 is 5.97 Å². The van der Waals surface area contributed by atoms with Gasteiger partial charge in [-0.2, -0.15) is 5.10 Å². The van der Waals surface area contributed by atoms with Gasteiger partial charge in [0.15, 0.2) is 0 Å². The summed E-state index contributed by atoms with van der Waals surface area (Å²) in [5.41, 5.74) is 0.938.